The minimum Gasteiger partial charge on any atom is -0.508 e. The Morgan fingerprint density at radius 1 is 1.24 bits per heavy atom. The molecule has 5 nitrogen and oxygen atoms in total. The molecule has 6 heteroatoms. The van der Waals surface area contributed by atoms with Crippen molar-refractivity contribution in [2.75, 3.05) is 12.3 Å². The molecule has 0 saturated heterocycles. The van der Waals surface area contributed by atoms with Crippen molar-refractivity contribution in [2.24, 2.45) is 5.73 Å². The SMILES string of the molecule is NC(=O)c1ccc2[nH]cc(CSCCC3CC(c4cccc(O)c4)=CCN3)c2c1. The van der Waals surface area contributed by atoms with Crippen molar-refractivity contribution in [1.29, 1.82) is 0 Å². The van der Waals surface area contributed by atoms with Gasteiger partial charge >= 0.3 is 0 Å². The number of hydrogen-bond donors (Lipinski definition) is 4. The summed E-state index contributed by atoms with van der Waals surface area (Å²) >= 11 is 1.90. The average molecular weight is 408 g/mol. The second-order valence-electron chi connectivity index (χ2n) is 7.37. The standard InChI is InChI=1S/C23H25N3O2S/c24-23(28)17-4-5-22-21(12-17)18(13-26-22)14-29-9-7-19-10-16(6-8-25-19)15-2-1-3-20(27)11-15/h1-6,11-13,19,25-27H,7-10,14H2,(H2,24,28). The van der Waals surface area contributed by atoms with E-state index < -0.39 is 5.91 Å². The number of amides is 1. The summed E-state index contributed by atoms with van der Waals surface area (Å²) in [5, 5.41) is 14.4. The molecule has 1 aliphatic heterocycles. The van der Waals surface area contributed by atoms with Crippen molar-refractivity contribution in [1.82, 2.24) is 10.3 Å². The van der Waals surface area contributed by atoms with Gasteiger partial charge in [-0.15, -0.1) is 0 Å². The lowest BCUT2D eigenvalue weighted by Crippen LogP contribution is -2.33. The fraction of sp³-hybridized carbons (Fsp3) is 0.261. The second kappa shape index (κ2) is 8.76. The first-order valence-corrected chi connectivity index (χ1v) is 10.9. The normalized spacial score (nSPS) is 16.7. The van der Waals surface area contributed by atoms with Crippen molar-refractivity contribution >= 4 is 34.1 Å². The van der Waals surface area contributed by atoms with Crippen LogP contribution in [0.1, 0.15) is 34.3 Å². The number of nitrogens with one attached hydrogen (secondary N) is 2. The molecule has 1 amide bonds. The number of H-pyrrole nitrogens is 1. The van der Waals surface area contributed by atoms with E-state index in [-0.39, 0.29) is 0 Å². The van der Waals surface area contributed by atoms with Gasteiger partial charge in [0, 0.05) is 41.0 Å². The van der Waals surface area contributed by atoms with E-state index >= 15 is 0 Å². The molecule has 0 fully saturated rings. The highest BCUT2D eigenvalue weighted by Gasteiger charge is 2.16. The molecule has 2 aromatic carbocycles. The second-order valence-corrected chi connectivity index (χ2v) is 8.47. The Balaban J connectivity index is 1.31. The molecule has 1 aliphatic rings. The number of rotatable bonds is 7. The third-order valence-electron chi connectivity index (χ3n) is 5.36. The first-order chi connectivity index (χ1) is 14.1. The topological polar surface area (TPSA) is 91.1 Å². The Labute approximate surface area is 174 Å². The lowest BCUT2D eigenvalue weighted by Gasteiger charge is -2.24. The van der Waals surface area contributed by atoms with Crippen molar-refractivity contribution in [2.45, 2.75) is 24.6 Å². The molecule has 2 heterocycles. The van der Waals surface area contributed by atoms with E-state index in [1.165, 1.54) is 11.1 Å². The number of phenols is 1. The maximum atomic E-state index is 11.4. The van der Waals surface area contributed by atoms with Gasteiger partial charge in [0.05, 0.1) is 0 Å². The van der Waals surface area contributed by atoms with Crippen LogP contribution in [0.15, 0.2) is 54.7 Å². The number of aromatic amines is 1. The summed E-state index contributed by atoms with van der Waals surface area (Å²) in [6.07, 6.45) is 6.28. The number of carbonyl (C=O) groups excluding carboxylic acids is 1. The van der Waals surface area contributed by atoms with Crippen molar-refractivity contribution in [3.05, 3.63) is 71.4 Å². The Morgan fingerprint density at radius 2 is 2.14 bits per heavy atom. The van der Waals surface area contributed by atoms with Crippen LogP contribution in [0.4, 0.5) is 0 Å². The van der Waals surface area contributed by atoms with Crippen LogP contribution >= 0.6 is 11.8 Å². The molecule has 1 atom stereocenters. The summed E-state index contributed by atoms with van der Waals surface area (Å²) in [5.41, 5.74) is 10.6. The molecule has 150 valence electrons. The predicted octanol–water partition coefficient (Wildman–Crippen LogP) is 4.04. The van der Waals surface area contributed by atoms with Crippen LogP contribution < -0.4 is 11.1 Å². The number of carbonyl (C=O) groups is 1. The maximum absolute atomic E-state index is 11.4. The zero-order valence-corrected chi connectivity index (χ0v) is 17.0. The number of benzene rings is 2. The highest BCUT2D eigenvalue weighted by Crippen LogP contribution is 2.28. The Kier molecular flexibility index (Phi) is 5.92. The molecule has 1 unspecified atom stereocenters. The third kappa shape index (κ3) is 4.66. The van der Waals surface area contributed by atoms with Gasteiger partial charge < -0.3 is 21.1 Å². The van der Waals surface area contributed by atoms with Crippen LogP contribution in [0.5, 0.6) is 5.75 Å². The summed E-state index contributed by atoms with van der Waals surface area (Å²) in [6.45, 7) is 0.860. The molecule has 0 bridgehead atoms. The maximum Gasteiger partial charge on any atom is 0.248 e. The number of primary amides is 1. The van der Waals surface area contributed by atoms with Gasteiger partial charge in [0.1, 0.15) is 5.75 Å². The Hall–Kier alpha value is -2.70. The molecule has 0 radical (unpaired) electrons. The van der Waals surface area contributed by atoms with E-state index in [9.17, 15) is 9.90 Å². The number of aromatic hydroxyl groups is 1. The first-order valence-electron chi connectivity index (χ1n) is 9.79. The van der Waals surface area contributed by atoms with E-state index in [1.54, 1.807) is 12.1 Å². The van der Waals surface area contributed by atoms with Gasteiger partial charge in [-0.05, 0) is 65.6 Å². The minimum atomic E-state index is -0.398. The summed E-state index contributed by atoms with van der Waals surface area (Å²) in [5.74, 6) is 1.86. The van der Waals surface area contributed by atoms with Crippen LogP contribution in [0, 0.1) is 0 Å². The number of nitrogens with two attached hydrogens (primary N) is 1. The molecular weight excluding hydrogens is 382 g/mol. The Bertz CT molecular complexity index is 1060. The van der Waals surface area contributed by atoms with Crippen LogP contribution in [-0.2, 0) is 5.75 Å². The van der Waals surface area contributed by atoms with Gasteiger partial charge in [0.2, 0.25) is 5.91 Å². The average Bonchev–Trinajstić information content (AvgIpc) is 3.13. The first kappa shape index (κ1) is 19.6. The van der Waals surface area contributed by atoms with Gasteiger partial charge in [0.25, 0.3) is 0 Å². The fourth-order valence-electron chi connectivity index (χ4n) is 3.77. The van der Waals surface area contributed by atoms with Crippen molar-refractivity contribution in [3.8, 4) is 5.75 Å². The number of aromatic nitrogens is 1. The van der Waals surface area contributed by atoms with Gasteiger partial charge in [-0.3, -0.25) is 4.79 Å². The highest BCUT2D eigenvalue weighted by atomic mass is 32.2. The zero-order chi connectivity index (χ0) is 20.2. The number of fused-ring (bicyclic) bond motifs is 1. The third-order valence-corrected chi connectivity index (χ3v) is 6.40. The molecule has 3 aromatic rings. The van der Waals surface area contributed by atoms with Gasteiger partial charge in [-0.25, -0.2) is 0 Å². The molecule has 0 spiro atoms. The van der Waals surface area contributed by atoms with Crippen LogP contribution in [0.3, 0.4) is 0 Å². The van der Waals surface area contributed by atoms with E-state index in [0.29, 0.717) is 17.4 Å². The predicted molar refractivity (Wildman–Crippen MR) is 120 cm³/mol. The molecular formula is C23H25N3O2S. The largest absolute Gasteiger partial charge is 0.508 e. The lowest BCUT2D eigenvalue weighted by atomic mass is 9.94. The minimum absolute atomic E-state index is 0.312. The fourth-order valence-corrected chi connectivity index (χ4v) is 4.83. The summed E-state index contributed by atoms with van der Waals surface area (Å²) in [7, 11) is 0. The van der Waals surface area contributed by atoms with Gasteiger partial charge in [0.15, 0.2) is 0 Å². The molecule has 0 saturated carbocycles. The van der Waals surface area contributed by atoms with Gasteiger partial charge in [-0.2, -0.15) is 11.8 Å². The number of phenolic OH excluding ortho intramolecular Hbond substituents is 1. The van der Waals surface area contributed by atoms with E-state index in [1.807, 2.05) is 42.2 Å². The molecule has 0 aliphatic carbocycles. The molecule has 5 N–H and O–H groups in total. The van der Waals surface area contributed by atoms with Gasteiger partial charge in [-0.1, -0.05) is 18.2 Å². The Morgan fingerprint density at radius 3 is 2.97 bits per heavy atom. The number of thioether (sulfide) groups is 1. The number of hydrogen-bond acceptors (Lipinski definition) is 4. The summed E-state index contributed by atoms with van der Waals surface area (Å²) < 4.78 is 0. The van der Waals surface area contributed by atoms with E-state index in [2.05, 4.69) is 22.4 Å². The monoisotopic (exact) mass is 407 g/mol. The lowest BCUT2D eigenvalue weighted by molar-refractivity contribution is 0.100. The smallest absolute Gasteiger partial charge is 0.248 e. The molecule has 4 rings (SSSR count). The molecule has 1 aromatic heterocycles. The zero-order valence-electron chi connectivity index (χ0n) is 16.2. The summed E-state index contributed by atoms with van der Waals surface area (Å²) in [4.78, 5) is 14.7. The highest BCUT2D eigenvalue weighted by molar-refractivity contribution is 7.98. The van der Waals surface area contributed by atoms with E-state index in [0.717, 1.165) is 47.4 Å². The summed E-state index contributed by atoms with van der Waals surface area (Å²) in [6, 6.07) is 13.5. The molecule has 29 heavy (non-hydrogen) atoms. The van der Waals surface area contributed by atoms with Crippen LogP contribution in [0.25, 0.3) is 16.5 Å². The van der Waals surface area contributed by atoms with Crippen molar-refractivity contribution in [3.63, 3.8) is 0 Å². The van der Waals surface area contributed by atoms with E-state index in [4.69, 9.17) is 5.73 Å². The van der Waals surface area contributed by atoms with Crippen LogP contribution in [-0.4, -0.2) is 34.3 Å². The van der Waals surface area contributed by atoms with Crippen LogP contribution in [0.2, 0.25) is 0 Å². The quantitative estimate of drug-likeness (QED) is 0.445. The van der Waals surface area contributed by atoms with Crippen molar-refractivity contribution < 1.29 is 9.90 Å².